The lowest BCUT2D eigenvalue weighted by Crippen LogP contribution is -2.37. The summed E-state index contributed by atoms with van der Waals surface area (Å²) in [4.78, 5) is 19.7. The molecule has 0 fully saturated rings. The number of amides is 1. The van der Waals surface area contributed by atoms with Gasteiger partial charge in [0.2, 0.25) is 5.91 Å². The number of nitrogens with one attached hydrogen (secondary N) is 1. The van der Waals surface area contributed by atoms with Gasteiger partial charge in [0.1, 0.15) is 0 Å². The van der Waals surface area contributed by atoms with Gasteiger partial charge in [-0.2, -0.15) is 0 Å². The second-order valence-electron chi connectivity index (χ2n) is 4.40. The molecule has 106 valence electrons. The van der Waals surface area contributed by atoms with Crippen LogP contribution in [0.1, 0.15) is 23.4 Å². The van der Waals surface area contributed by atoms with Crippen molar-refractivity contribution in [2.24, 2.45) is 0 Å². The first-order valence-corrected chi connectivity index (χ1v) is 7.12. The van der Waals surface area contributed by atoms with E-state index in [0.717, 1.165) is 18.0 Å². The Morgan fingerprint density at radius 3 is 2.89 bits per heavy atom. The van der Waals surface area contributed by atoms with Crippen molar-refractivity contribution >= 4 is 34.8 Å². The van der Waals surface area contributed by atoms with Crippen molar-refractivity contribution in [3.8, 4) is 0 Å². The molecule has 0 aromatic carbocycles. The molecular weight excluding hydrogens is 282 g/mol. The minimum absolute atomic E-state index is 0. The first-order valence-electron chi connectivity index (χ1n) is 6.30. The molecule has 0 saturated heterocycles. The summed E-state index contributed by atoms with van der Waals surface area (Å²) in [5, 5.41) is 3.71. The van der Waals surface area contributed by atoms with E-state index in [1.807, 2.05) is 0 Å². The van der Waals surface area contributed by atoms with Gasteiger partial charge in [0.25, 0.3) is 0 Å². The number of aromatic nitrogens is 1. The van der Waals surface area contributed by atoms with Crippen molar-refractivity contribution in [1.82, 2.24) is 10.3 Å². The minimum Gasteiger partial charge on any atom is -0.311 e. The number of hydrogen-bond donors (Lipinski definition) is 1. The Morgan fingerprint density at radius 1 is 1.53 bits per heavy atom. The Balaban J connectivity index is 0.00000180. The van der Waals surface area contributed by atoms with Crippen LogP contribution < -0.4 is 10.2 Å². The summed E-state index contributed by atoms with van der Waals surface area (Å²) < 4.78 is 0. The quantitative estimate of drug-likeness (QED) is 0.848. The van der Waals surface area contributed by atoms with Gasteiger partial charge in [0.15, 0.2) is 5.13 Å². The molecule has 0 aliphatic heterocycles. The second-order valence-corrected chi connectivity index (χ2v) is 5.46. The summed E-state index contributed by atoms with van der Waals surface area (Å²) in [6.07, 6.45) is 6.35. The number of thiazole rings is 1. The van der Waals surface area contributed by atoms with Crippen LogP contribution in [0.15, 0.2) is 12.7 Å². The van der Waals surface area contributed by atoms with Gasteiger partial charge in [-0.25, -0.2) is 4.98 Å². The van der Waals surface area contributed by atoms with Gasteiger partial charge in [0.05, 0.1) is 12.2 Å². The Hall–Kier alpha value is -0.910. The zero-order valence-electron chi connectivity index (χ0n) is 11.1. The average molecular weight is 302 g/mol. The van der Waals surface area contributed by atoms with E-state index in [0.29, 0.717) is 13.1 Å². The van der Waals surface area contributed by atoms with E-state index in [1.54, 1.807) is 29.4 Å². The third kappa shape index (κ3) is 3.78. The monoisotopic (exact) mass is 301 g/mol. The van der Waals surface area contributed by atoms with Crippen LogP contribution in [-0.2, 0) is 17.6 Å². The highest BCUT2D eigenvalue weighted by Gasteiger charge is 2.21. The molecule has 1 N–H and O–H groups in total. The van der Waals surface area contributed by atoms with Crippen molar-refractivity contribution in [2.75, 3.05) is 25.0 Å². The molecule has 1 aliphatic carbocycles. The molecule has 1 aromatic heterocycles. The van der Waals surface area contributed by atoms with E-state index in [-0.39, 0.29) is 18.3 Å². The molecule has 4 nitrogen and oxygen atoms in total. The van der Waals surface area contributed by atoms with Gasteiger partial charge in [-0.1, -0.05) is 6.08 Å². The molecule has 1 aliphatic rings. The molecule has 1 aromatic rings. The topological polar surface area (TPSA) is 45.2 Å². The van der Waals surface area contributed by atoms with Gasteiger partial charge in [-0.15, -0.1) is 30.3 Å². The number of fused-ring (bicyclic) bond motifs is 1. The lowest BCUT2D eigenvalue weighted by atomic mass is 10.0. The van der Waals surface area contributed by atoms with Gasteiger partial charge in [-0.05, 0) is 32.7 Å². The van der Waals surface area contributed by atoms with Crippen LogP contribution in [-0.4, -0.2) is 31.0 Å². The summed E-state index contributed by atoms with van der Waals surface area (Å²) >= 11 is 1.66. The third-order valence-corrected chi connectivity index (χ3v) is 4.19. The Morgan fingerprint density at radius 2 is 2.26 bits per heavy atom. The number of rotatable bonds is 5. The zero-order chi connectivity index (χ0) is 13.0. The summed E-state index contributed by atoms with van der Waals surface area (Å²) in [5.41, 5.74) is 1.19. The van der Waals surface area contributed by atoms with Gasteiger partial charge in [-0.3, -0.25) is 9.69 Å². The van der Waals surface area contributed by atoms with E-state index in [4.69, 9.17) is 0 Å². The predicted octanol–water partition coefficient (Wildman–Crippen LogP) is 2.18. The Kier molecular flexibility index (Phi) is 6.48. The van der Waals surface area contributed by atoms with E-state index in [1.165, 1.54) is 23.4 Å². The summed E-state index contributed by atoms with van der Waals surface area (Å²) in [6, 6.07) is 0. The van der Waals surface area contributed by atoms with Crippen LogP contribution in [0.2, 0.25) is 0 Å². The largest absolute Gasteiger partial charge is 0.311 e. The SMILES string of the molecule is C=CCN(C(=O)CNC)c1nc2c(s1)CCCC2.Cl. The van der Waals surface area contributed by atoms with E-state index >= 15 is 0 Å². The van der Waals surface area contributed by atoms with Crippen LogP contribution in [0.5, 0.6) is 0 Å². The highest BCUT2D eigenvalue weighted by atomic mass is 35.5. The van der Waals surface area contributed by atoms with Crippen LogP contribution in [0.25, 0.3) is 0 Å². The number of likely N-dealkylation sites (N-methyl/N-ethyl adjacent to an activating group) is 1. The molecule has 0 unspecified atom stereocenters. The second kappa shape index (κ2) is 7.62. The normalized spacial score (nSPS) is 13.3. The van der Waals surface area contributed by atoms with Gasteiger partial charge in [0, 0.05) is 11.4 Å². The molecular formula is C13H20ClN3OS. The van der Waals surface area contributed by atoms with Crippen molar-refractivity contribution in [3.63, 3.8) is 0 Å². The molecule has 0 spiro atoms. The maximum absolute atomic E-state index is 12.0. The first-order chi connectivity index (χ1) is 8.76. The molecule has 0 radical (unpaired) electrons. The number of halogens is 1. The van der Waals surface area contributed by atoms with Crippen molar-refractivity contribution < 1.29 is 4.79 Å². The van der Waals surface area contributed by atoms with Crippen molar-refractivity contribution in [3.05, 3.63) is 23.2 Å². The zero-order valence-corrected chi connectivity index (χ0v) is 12.8. The minimum atomic E-state index is 0. The van der Waals surface area contributed by atoms with Gasteiger partial charge >= 0.3 is 0 Å². The number of nitrogens with zero attached hydrogens (tertiary/aromatic N) is 2. The summed E-state index contributed by atoms with van der Waals surface area (Å²) in [5.74, 6) is 0.0449. The van der Waals surface area contributed by atoms with Crippen LogP contribution >= 0.6 is 23.7 Å². The lowest BCUT2D eigenvalue weighted by Gasteiger charge is -2.17. The maximum atomic E-state index is 12.0. The standard InChI is InChI=1S/C13H19N3OS.ClH/c1-3-8-16(12(17)9-14-2)13-15-10-6-4-5-7-11(10)18-13;/h3,14H,1,4-9H2,2H3;1H. The smallest absolute Gasteiger partial charge is 0.243 e. The number of hydrogen-bond acceptors (Lipinski definition) is 4. The Bertz CT molecular complexity index is 424. The molecule has 6 heteroatoms. The molecule has 0 atom stereocenters. The van der Waals surface area contributed by atoms with E-state index in [9.17, 15) is 4.79 Å². The van der Waals surface area contributed by atoms with E-state index in [2.05, 4.69) is 16.9 Å². The molecule has 1 heterocycles. The Labute approximate surface area is 124 Å². The van der Waals surface area contributed by atoms with Crippen molar-refractivity contribution in [1.29, 1.82) is 0 Å². The highest BCUT2D eigenvalue weighted by Crippen LogP contribution is 2.31. The number of aryl methyl sites for hydroxylation is 2. The number of anilines is 1. The molecule has 0 bridgehead atoms. The van der Waals surface area contributed by atoms with Crippen molar-refractivity contribution in [2.45, 2.75) is 25.7 Å². The van der Waals surface area contributed by atoms with Crippen LogP contribution in [0, 0.1) is 0 Å². The molecule has 19 heavy (non-hydrogen) atoms. The summed E-state index contributed by atoms with van der Waals surface area (Å²) in [6.45, 7) is 4.57. The number of carbonyl (C=O) groups excluding carboxylic acids is 1. The summed E-state index contributed by atoms with van der Waals surface area (Å²) in [7, 11) is 1.77. The fourth-order valence-electron chi connectivity index (χ4n) is 2.12. The maximum Gasteiger partial charge on any atom is 0.243 e. The van der Waals surface area contributed by atoms with Gasteiger partial charge < -0.3 is 5.32 Å². The molecule has 2 rings (SSSR count). The third-order valence-electron chi connectivity index (χ3n) is 3.01. The lowest BCUT2D eigenvalue weighted by molar-refractivity contribution is -0.117. The molecule has 0 saturated carbocycles. The molecule has 1 amide bonds. The highest BCUT2D eigenvalue weighted by molar-refractivity contribution is 7.16. The first kappa shape index (κ1) is 16.1. The fraction of sp³-hybridized carbons (Fsp3) is 0.538. The van der Waals surface area contributed by atoms with E-state index < -0.39 is 0 Å². The predicted molar refractivity (Wildman–Crippen MR) is 82.5 cm³/mol. The van der Waals surface area contributed by atoms with Crippen LogP contribution in [0.4, 0.5) is 5.13 Å². The average Bonchev–Trinajstić information content (AvgIpc) is 2.79. The van der Waals surface area contributed by atoms with Crippen LogP contribution in [0.3, 0.4) is 0 Å². The number of carbonyl (C=O) groups is 1. The fourth-order valence-corrected chi connectivity index (χ4v) is 3.29.